The lowest BCUT2D eigenvalue weighted by atomic mass is 10.1. The van der Waals surface area contributed by atoms with Crippen molar-refractivity contribution in [2.24, 2.45) is 0 Å². The van der Waals surface area contributed by atoms with Crippen molar-refractivity contribution in [3.63, 3.8) is 0 Å². The smallest absolute Gasteiger partial charge is 0.306 e. The molecule has 0 fully saturated rings. The van der Waals surface area contributed by atoms with Crippen LogP contribution in [-0.2, 0) is 28.6 Å². The molecule has 0 aromatic carbocycles. The molecule has 0 aromatic rings. The summed E-state index contributed by atoms with van der Waals surface area (Å²) in [7, 11) is 0. The molecule has 6 heteroatoms. The number of unbranched alkanes of at least 4 members (excludes halogenated alkanes) is 28. The van der Waals surface area contributed by atoms with Crippen molar-refractivity contribution in [2.45, 2.75) is 258 Å². The largest absolute Gasteiger partial charge is 0.462 e. The summed E-state index contributed by atoms with van der Waals surface area (Å²) in [5, 5.41) is 0. The third kappa shape index (κ3) is 48.0. The van der Waals surface area contributed by atoms with Crippen molar-refractivity contribution >= 4 is 17.9 Å². The van der Waals surface area contributed by atoms with E-state index in [9.17, 15) is 14.4 Å². The molecule has 0 rings (SSSR count). The normalized spacial score (nSPS) is 12.5. The second kappa shape index (κ2) is 49.8. The zero-order chi connectivity index (χ0) is 44.4. The highest BCUT2D eigenvalue weighted by Gasteiger charge is 2.19. The minimum Gasteiger partial charge on any atom is -0.462 e. The number of ether oxygens (including phenoxy) is 3. The SMILES string of the molecule is CC\C=C/C=C\C=C/CCCCCCCC(=O)OC(COC(=O)CCCCCCCCCCCCC)COC(=O)CCCCCCCCCCCC/C=C\C=C/CCCCC. The number of esters is 3. The summed E-state index contributed by atoms with van der Waals surface area (Å²) in [6, 6.07) is 0. The van der Waals surface area contributed by atoms with Gasteiger partial charge < -0.3 is 14.2 Å². The number of hydrogen-bond acceptors (Lipinski definition) is 6. The first kappa shape index (κ1) is 58.1. The van der Waals surface area contributed by atoms with E-state index in [-0.39, 0.29) is 31.1 Å². The molecule has 0 N–H and O–H groups in total. The van der Waals surface area contributed by atoms with Crippen molar-refractivity contribution in [1.29, 1.82) is 0 Å². The predicted molar refractivity (Wildman–Crippen MR) is 261 cm³/mol. The van der Waals surface area contributed by atoms with Gasteiger partial charge in [-0.3, -0.25) is 14.4 Å². The Balaban J connectivity index is 4.34. The average Bonchev–Trinajstić information content (AvgIpc) is 3.26. The van der Waals surface area contributed by atoms with Crippen LogP contribution in [0.2, 0.25) is 0 Å². The second-order valence-electron chi connectivity index (χ2n) is 17.1. The number of hydrogen-bond donors (Lipinski definition) is 0. The summed E-state index contributed by atoms with van der Waals surface area (Å²) in [5.41, 5.74) is 0. The molecule has 0 saturated carbocycles. The molecule has 0 aliphatic heterocycles. The van der Waals surface area contributed by atoms with Crippen LogP contribution >= 0.6 is 0 Å². The molecule has 1 unspecified atom stereocenters. The molecule has 352 valence electrons. The number of rotatable bonds is 46. The molecule has 61 heavy (non-hydrogen) atoms. The fraction of sp³-hybridized carbons (Fsp3) is 0.764. The summed E-state index contributed by atoms with van der Waals surface area (Å²) in [6.45, 7) is 6.46. The number of carbonyl (C=O) groups is 3. The lowest BCUT2D eigenvalue weighted by Gasteiger charge is -2.18. The van der Waals surface area contributed by atoms with Crippen LogP contribution in [-0.4, -0.2) is 37.2 Å². The van der Waals surface area contributed by atoms with Crippen LogP contribution in [0.1, 0.15) is 252 Å². The van der Waals surface area contributed by atoms with Crippen molar-refractivity contribution < 1.29 is 28.6 Å². The lowest BCUT2D eigenvalue weighted by molar-refractivity contribution is -0.167. The fourth-order valence-electron chi connectivity index (χ4n) is 7.20. The zero-order valence-corrected chi connectivity index (χ0v) is 40.2. The Morgan fingerprint density at radius 3 is 1.03 bits per heavy atom. The van der Waals surface area contributed by atoms with Crippen molar-refractivity contribution in [2.75, 3.05) is 13.2 Å². The van der Waals surface area contributed by atoms with Crippen LogP contribution in [0.4, 0.5) is 0 Å². The average molecular weight is 853 g/mol. The molecule has 0 heterocycles. The molecular weight excluding hydrogens is 757 g/mol. The lowest BCUT2D eigenvalue weighted by Crippen LogP contribution is -2.30. The van der Waals surface area contributed by atoms with Crippen molar-refractivity contribution in [1.82, 2.24) is 0 Å². The van der Waals surface area contributed by atoms with E-state index < -0.39 is 6.10 Å². The molecule has 0 radical (unpaired) electrons. The zero-order valence-electron chi connectivity index (χ0n) is 40.2. The third-order valence-electron chi connectivity index (χ3n) is 11.1. The van der Waals surface area contributed by atoms with Gasteiger partial charge in [0.05, 0.1) is 0 Å². The minimum atomic E-state index is -0.783. The number of carbonyl (C=O) groups excluding carboxylic acids is 3. The summed E-state index contributed by atoms with van der Waals surface area (Å²) in [4.78, 5) is 37.9. The molecule has 0 bridgehead atoms. The molecule has 0 spiro atoms. The Morgan fingerprint density at radius 1 is 0.344 bits per heavy atom. The van der Waals surface area contributed by atoms with Gasteiger partial charge in [-0.05, 0) is 64.2 Å². The summed E-state index contributed by atoms with van der Waals surface area (Å²) >= 11 is 0. The van der Waals surface area contributed by atoms with Crippen molar-refractivity contribution in [3.8, 4) is 0 Å². The van der Waals surface area contributed by atoms with E-state index in [0.29, 0.717) is 19.3 Å². The van der Waals surface area contributed by atoms with Crippen LogP contribution in [0.25, 0.3) is 0 Å². The summed E-state index contributed by atoms with van der Waals surface area (Å²) in [5.74, 6) is -0.903. The van der Waals surface area contributed by atoms with Crippen molar-refractivity contribution in [3.05, 3.63) is 60.8 Å². The first-order chi connectivity index (χ1) is 30.0. The van der Waals surface area contributed by atoms with E-state index in [4.69, 9.17) is 14.2 Å². The van der Waals surface area contributed by atoms with E-state index in [1.54, 1.807) is 0 Å². The Kier molecular flexibility index (Phi) is 47.4. The highest BCUT2D eigenvalue weighted by atomic mass is 16.6. The van der Waals surface area contributed by atoms with Crippen LogP contribution in [0.15, 0.2) is 60.8 Å². The third-order valence-corrected chi connectivity index (χ3v) is 11.1. The van der Waals surface area contributed by atoms with E-state index >= 15 is 0 Å². The van der Waals surface area contributed by atoms with Gasteiger partial charge in [0, 0.05) is 19.3 Å². The van der Waals surface area contributed by atoms with Gasteiger partial charge in [-0.15, -0.1) is 0 Å². The molecular formula is C55H96O6. The van der Waals surface area contributed by atoms with Gasteiger partial charge in [-0.2, -0.15) is 0 Å². The molecule has 6 nitrogen and oxygen atoms in total. The van der Waals surface area contributed by atoms with E-state index in [0.717, 1.165) is 83.5 Å². The minimum absolute atomic E-state index is 0.0820. The highest BCUT2D eigenvalue weighted by molar-refractivity contribution is 5.71. The molecule has 0 aliphatic carbocycles. The first-order valence-electron chi connectivity index (χ1n) is 25.8. The molecule has 0 saturated heterocycles. The maximum atomic E-state index is 12.8. The summed E-state index contributed by atoms with van der Waals surface area (Å²) in [6.07, 6.45) is 60.6. The topological polar surface area (TPSA) is 78.9 Å². The maximum absolute atomic E-state index is 12.8. The van der Waals surface area contributed by atoms with Gasteiger partial charge >= 0.3 is 17.9 Å². The van der Waals surface area contributed by atoms with Crippen LogP contribution in [0.5, 0.6) is 0 Å². The predicted octanol–water partition coefficient (Wildman–Crippen LogP) is 16.9. The van der Waals surface area contributed by atoms with Gasteiger partial charge in [0.2, 0.25) is 0 Å². The van der Waals surface area contributed by atoms with Crippen LogP contribution < -0.4 is 0 Å². The maximum Gasteiger partial charge on any atom is 0.306 e. The van der Waals surface area contributed by atoms with E-state index in [1.165, 1.54) is 128 Å². The van der Waals surface area contributed by atoms with Gasteiger partial charge in [-0.1, -0.05) is 229 Å². The monoisotopic (exact) mass is 853 g/mol. The highest BCUT2D eigenvalue weighted by Crippen LogP contribution is 2.15. The van der Waals surface area contributed by atoms with Gasteiger partial charge in [0.15, 0.2) is 6.10 Å². The quantitative estimate of drug-likeness (QED) is 0.0263. The van der Waals surface area contributed by atoms with Gasteiger partial charge in [-0.25, -0.2) is 0 Å². The Hall–Kier alpha value is -2.89. The van der Waals surface area contributed by atoms with Crippen LogP contribution in [0.3, 0.4) is 0 Å². The fourth-order valence-corrected chi connectivity index (χ4v) is 7.20. The molecule has 0 aliphatic rings. The van der Waals surface area contributed by atoms with Gasteiger partial charge in [0.25, 0.3) is 0 Å². The van der Waals surface area contributed by atoms with E-state index in [2.05, 4.69) is 81.5 Å². The van der Waals surface area contributed by atoms with Gasteiger partial charge in [0.1, 0.15) is 13.2 Å². The number of allylic oxidation sites excluding steroid dienone is 10. The standard InChI is InChI=1S/C55H96O6/c1-4-7-10-13-16-19-22-24-25-26-27-28-29-31-33-36-39-42-45-48-54(57)60-51-52(50-59-53(56)47-44-41-38-35-32-21-18-15-12-9-6-3)61-55(58)49-46-43-40-37-34-30-23-20-17-14-11-8-5-2/h8,11,14,16-17,19-20,22-24,52H,4-7,9-10,12-13,15,18,21,25-51H2,1-3H3/b11-8-,17-14-,19-16-,23-20-,24-22-. The Morgan fingerprint density at radius 2 is 0.639 bits per heavy atom. The van der Waals surface area contributed by atoms with E-state index in [1.807, 2.05) is 0 Å². The first-order valence-corrected chi connectivity index (χ1v) is 25.8. The van der Waals surface area contributed by atoms with Crippen LogP contribution in [0, 0.1) is 0 Å². The molecule has 0 amide bonds. The Bertz CT molecular complexity index is 1120. The summed E-state index contributed by atoms with van der Waals surface area (Å²) < 4.78 is 16.8. The molecule has 1 atom stereocenters. The Labute approximate surface area is 377 Å². The molecule has 0 aromatic heterocycles. The second-order valence-corrected chi connectivity index (χ2v) is 17.1.